The summed E-state index contributed by atoms with van der Waals surface area (Å²) in [5.74, 6) is -0.766. The van der Waals surface area contributed by atoms with Gasteiger partial charge >= 0.3 is 5.97 Å². The van der Waals surface area contributed by atoms with Crippen molar-refractivity contribution in [3.8, 4) is 0 Å². The SMILES string of the molecule is CCOC(=O)[C@]1(F)CC1(c1ccccc1)c1ccccc1. The predicted molar refractivity (Wildman–Crippen MR) is 78.8 cm³/mol. The Balaban J connectivity index is 2.10. The fraction of sp³-hybridized carbons (Fsp3) is 0.278. The number of alkyl halides is 1. The highest BCUT2D eigenvalue weighted by Gasteiger charge is 2.76. The van der Waals surface area contributed by atoms with Gasteiger partial charge in [-0.15, -0.1) is 0 Å². The van der Waals surface area contributed by atoms with Crippen LogP contribution in [0.1, 0.15) is 24.5 Å². The van der Waals surface area contributed by atoms with E-state index in [4.69, 9.17) is 4.74 Å². The van der Waals surface area contributed by atoms with E-state index in [1.807, 2.05) is 60.7 Å². The molecule has 0 spiro atoms. The van der Waals surface area contributed by atoms with Crippen molar-refractivity contribution in [2.75, 3.05) is 6.61 Å². The molecule has 0 amide bonds. The predicted octanol–water partition coefficient (Wildman–Crippen LogP) is 3.65. The summed E-state index contributed by atoms with van der Waals surface area (Å²) in [6.07, 6.45) is 0.132. The van der Waals surface area contributed by atoms with E-state index in [1.54, 1.807) is 6.92 Å². The first-order chi connectivity index (χ1) is 10.1. The van der Waals surface area contributed by atoms with Gasteiger partial charge in [-0.1, -0.05) is 60.7 Å². The number of rotatable bonds is 4. The van der Waals surface area contributed by atoms with Crippen molar-refractivity contribution >= 4 is 5.97 Å². The maximum absolute atomic E-state index is 15.3. The standard InChI is InChI=1S/C18H17FO2/c1-2-21-16(20)18(19)13-17(18,14-9-5-3-6-10-14)15-11-7-4-8-12-15/h3-12H,2,13H2,1H3/t18-/m1/s1. The smallest absolute Gasteiger partial charge is 0.345 e. The van der Waals surface area contributed by atoms with Crippen LogP contribution in [0.15, 0.2) is 60.7 Å². The maximum Gasteiger partial charge on any atom is 0.345 e. The minimum absolute atomic E-state index is 0.132. The Morgan fingerprint density at radius 2 is 1.52 bits per heavy atom. The van der Waals surface area contributed by atoms with Gasteiger partial charge in [0, 0.05) is 6.42 Å². The van der Waals surface area contributed by atoms with Crippen molar-refractivity contribution in [3.63, 3.8) is 0 Å². The zero-order chi connectivity index (χ0) is 14.9. The summed E-state index contributed by atoms with van der Waals surface area (Å²) in [6, 6.07) is 18.7. The van der Waals surface area contributed by atoms with Crippen LogP contribution in [0, 0.1) is 0 Å². The van der Waals surface area contributed by atoms with E-state index < -0.39 is 17.1 Å². The lowest BCUT2D eigenvalue weighted by molar-refractivity contribution is -0.151. The molecular weight excluding hydrogens is 267 g/mol. The third-order valence-corrected chi connectivity index (χ3v) is 4.19. The Morgan fingerprint density at radius 1 is 1.05 bits per heavy atom. The molecule has 0 heterocycles. The van der Waals surface area contributed by atoms with E-state index in [0.717, 1.165) is 11.1 Å². The number of esters is 1. The normalized spacial score (nSPS) is 22.6. The molecule has 1 aliphatic carbocycles. The van der Waals surface area contributed by atoms with Crippen LogP contribution in [0.5, 0.6) is 0 Å². The Labute approximate surface area is 123 Å². The van der Waals surface area contributed by atoms with Gasteiger partial charge in [-0.05, 0) is 18.1 Å². The van der Waals surface area contributed by atoms with Crippen molar-refractivity contribution in [3.05, 3.63) is 71.8 Å². The van der Waals surface area contributed by atoms with Gasteiger partial charge in [-0.2, -0.15) is 0 Å². The van der Waals surface area contributed by atoms with Gasteiger partial charge in [-0.25, -0.2) is 9.18 Å². The third kappa shape index (κ3) is 1.96. The van der Waals surface area contributed by atoms with Gasteiger partial charge in [0.15, 0.2) is 0 Å². The summed E-state index contributed by atoms with van der Waals surface area (Å²) in [5.41, 5.74) is -1.29. The molecule has 0 aromatic heterocycles. The first-order valence-electron chi connectivity index (χ1n) is 7.12. The van der Waals surface area contributed by atoms with Crippen LogP contribution >= 0.6 is 0 Å². The van der Waals surface area contributed by atoms with Gasteiger partial charge < -0.3 is 4.74 Å². The summed E-state index contributed by atoms with van der Waals surface area (Å²) < 4.78 is 20.3. The average molecular weight is 284 g/mol. The lowest BCUT2D eigenvalue weighted by Gasteiger charge is -2.20. The molecular formula is C18H17FO2. The number of carbonyl (C=O) groups is 1. The van der Waals surface area contributed by atoms with Gasteiger partial charge in [-0.3, -0.25) is 0 Å². The number of halogens is 1. The van der Waals surface area contributed by atoms with Crippen LogP contribution in [0.25, 0.3) is 0 Å². The Kier molecular flexibility index (Phi) is 3.28. The highest BCUT2D eigenvalue weighted by atomic mass is 19.1. The molecule has 108 valence electrons. The van der Waals surface area contributed by atoms with Crippen LogP contribution in [-0.2, 0) is 14.9 Å². The Bertz CT molecular complexity index is 599. The topological polar surface area (TPSA) is 26.3 Å². The number of benzene rings is 2. The maximum atomic E-state index is 15.3. The highest BCUT2D eigenvalue weighted by molar-refractivity contribution is 5.89. The largest absolute Gasteiger partial charge is 0.464 e. The molecule has 2 aromatic rings. The summed E-state index contributed by atoms with van der Waals surface area (Å²) in [4.78, 5) is 12.1. The number of hydrogen-bond acceptors (Lipinski definition) is 2. The molecule has 0 saturated heterocycles. The molecule has 1 aliphatic rings. The Morgan fingerprint density at radius 3 is 1.95 bits per heavy atom. The van der Waals surface area contributed by atoms with E-state index in [2.05, 4.69) is 0 Å². The first-order valence-corrected chi connectivity index (χ1v) is 7.12. The summed E-state index contributed by atoms with van der Waals surface area (Å²) >= 11 is 0. The molecule has 0 radical (unpaired) electrons. The molecule has 2 aromatic carbocycles. The molecule has 21 heavy (non-hydrogen) atoms. The van der Waals surface area contributed by atoms with Crippen molar-refractivity contribution in [1.29, 1.82) is 0 Å². The third-order valence-electron chi connectivity index (χ3n) is 4.19. The van der Waals surface area contributed by atoms with E-state index in [9.17, 15) is 4.79 Å². The fourth-order valence-electron chi connectivity index (χ4n) is 3.09. The first kappa shape index (κ1) is 13.8. The molecule has 3 heteroatoms. The molecule has 0 bridgehead atoms. The van der Waals surface area contributed by atoms with Crippen molar-refractivity contribution < 1.29 is 13.9 Å². The second-order valence-electron chi connectivity index (χ2n) is 5.34. The molecule has 2 nitrogen and oxygen atoms in total. The number of ether oxygens (including phenoxy) is 1. The molecule has 0 aliphatic heterocycles. The molecule has 1 saturated carbocycles. The van der Waals surface area contributed by atoms with Crippen molar-refractivity contribution in [2.45, 2.75) is 24.4 Å². The number of hydrogen-bond donors (Lipinski definition) is 0. The second-order valence-corrected chi connectivity index (χ2v) is 5.34. The lowest BCUT2D eigenvalue weighted by atomic mass is 9.85. The fourth-order valence-corrected chi connectivity index (χ4v) is 3.09. The molecule has 0 N–H and O–H groups in total. The summed E-state index contributed by atoms with van der Waals surface area (Å²) in [5, 5.41) is 0. The monoisotopic (exact) mass is 284 g/mol. The second kappa shape index (κ2) is 4.99. The molecule has 1 fully saturated rings. The Hall–Kier alpha value is -2.16. The van der Waals surface area contributed by atoms with Gasteiger partial charge in [0.2, 0.25) is 5.67 Å². The van der Waals surface area contributed by atoms with Crippen molar-refractivity contribution in [2.24, 2.45) is 0 Å². The summed E-state index contributed by atoms with van der Waals surface area (Å²) in [6.45, 7) is 1.88. The quantitative estimate of drug-likeness (QED) is 0.801. The van der Waals surface area contributed by atoms with Crippen LogP contribution in [0.3, 0.4) is 0 Å². The summed E-state index contributed by atoms with van der Waals surface area (Å²) in [7, 11) is 0. The molecule has 3 rings (SSSR count). The van der Waals surface area contributed by atoms with E-state index in [0.29, 0.717) is 0 Å². The van der Waals surface area contributed by atoms with Crippen LogP contribution < -0.4 is 0 Å². The minimum Gasteiger partial charge on any atom is -0.464 e. The van der Waals surface area contributed by atoms with Crippen molar-refractivity contribution in [1.82, 2.24) is 0 Å². The van der Waals surface area contributed by atoms with E-state index in [1.165, 1.54) is 0 Å². The minimum atomic E-state index is -1.98. The van der Waals surface area contributed by atoms with E-state index in [-0.39, 0.29) is 13.0 Å². The molecule has 1 atom stereocenters. The van der Waals surface area contributed by atoms with Crippen LogP contribution in [0.2, 0.25) is 0 Å². The van der Waals surface area contributed by atoms with E-state index >= 15 is 4.39 Å². The molecule has 0 unspecified atom stereocenters. The van der Waals surface area contributed by atoms with Gasteiger partial charge in [0.25, 0.3) is 0 Å². The zero-order valence-electron chi connectivity index (χ0n) is 11.9. The van der Waals surface area contributed by atoms with Crippen LogP contribution in [0.4, 0.5) is 4.39 Å². The number of carbonyl (C=O) groups excluding carboxylic acids is 1. The van der Waals surface area contributed by atoms with Gasteiger partial charge in [0.1, 0.15) is 0 Å². The zero-order valence-corrected chi connectivity index (χ0v) is 11.9. The van der Waals surface area contributed by atoms with Gasteiger partial charge in [0.05, 0.1) is 12.0 Å². The average Bonchev–Trinajstić information content (AvgIpc) is 3.18. The van der Waals surface area contributed by atoms with Crippen LogP contribution in [-0.4, -0.2) is 18.2 Å². The lowest BCUT2D eigenvalue weighted by Crippen LogP contribution is -2.31. The highest BCUT2D eigenvalue weighted by Crippen LogP contribution is 2.64.